The highest BCUT2D eigenvalue weighted by molar-refractivity contribution is 7.92. The third kappa shape index (κ3) is 5.91. The Kier molecular flexibility index (Phi) is 9.31. The molecule has 0 saturated carbocycles. The summed E-state index contributed by atoms with van der Waals surface area (Å²) < 4.78 is 50.9. The zero-order valence-corrected chi connectivity index (χ0v) is 21.6. The normalized spacial score (nSPS) is 23.8. The number of likely N-dealkylation sites (tertiary alicyclic amines) is 1. The summed E-state index contributed by atoms with van der Waals surface area (Å²) in [4.78, 5) is 15.1. The summed E-state index contributed by atoms with van der Waals surface area (Å²) >= 11 is 0. The van der Waals surface area contributed by atoms with Crippen LogP contribution < -0.4 is 0 Å². The van der Waals surface area contributed by atoms with Crippen molar-refractivity contribution in [2.24, 2.45) is 11.8 Å². The van der Waals surface area contributed by atoms with Crippen molar-refractivity contribution in [3.63, 3.8) is 0 Å². The number of hydrogen-bond donors (Lipinski definition) is 0. The fourth-order valence-electron chi connectivity index (χ4n) is 4.53. The van der Waals surface area contributed by atoms with Gasteiger partial charge in [-0.05, 0) is 42.9 Å². The summed E-state index contributed by atoms with van der Waals surface area (Å²) in [6.07, 6.45) is 3.10. The van der Waals surface area contributed by atoms with Crippen molar-refractivity contribution in [3.8, 4) is 0 Å². The second-order valence-corrected chi connectivity index (χ2v) is 12.6. The van der Waals surface area contributed by atoms with Crippen LogP contribution in [-0.4, -0.2) is 69.6 Å². The van der Waals surface area contributed by atoms with Crippen molar-refractivity contribution >= 4 is 25.8 Å². The quantitative estimate of drug-likeness (QED) is 0.637. The molecule has 2 aliphatic heterocycles. The Hall–Kier alpha value is -1.45. The first-order valence-electron chi connectivity index (χ1n) is 11.7. The lowest BCUT2D eigenvalue weighted by Gasteiger charge is -2.38. The van der Waals surface area contributed by atoms with E-state index >= 15 is 0 Å². The van der Waals surface area contributed by atoms with Gasteiger partial charge in [0.05, 0.1) is 16.4 Å². The highest BCUT2D eigenvalue weighted by atomic mass is 32.2. The lowest BCUT2D eigenvalue weighted by Crippen LogP contribution is -2.44. The number of hydrogen-bond acceptors (Lipinski definition) is 5. The van der Waals surface area contributed by atoms with E-state index in [0.717, 1.165) is 19.3 Å². The van der Waals surface area contributed by atoms with Crippen LogP contribution in [0.2, 0.25) is 0 Å². The second kappa shape index (κ2) is 11.1. The number of nitrogens with zero attached hydrogens (tertiary/aromatic N) is 2. The predicted octanol–water partition coefficient (Wildman–Crippen LogP) is 3.34. The van der Waals surface area contributed by atoms with Gasteiger partial charge in [-0.15, -0.1) is 0 Å². The van der Waals surface area contributed by atoms with Crippen LogP contribution in [0.4, 0.5) is 0 Å². The van der Waals surface area contributed by atoms with E-state index in [1.54, 1.807) is 19.1 Å². The molecular formula is C23H38N2O5S2. The average Bonchev–Trinajstić information content (AvgIpc) is 2.79. The van der Waals surface area contributed by atoms with Gasteiger partial charge in [0.25, 0.3) is 5.91 Å². The number of piperidine rings is 1. The highest BCUT2D eigenvalue weighted by Crippen LogP contribution is 2.30. The molecule has 2 aliphatic rings. The van der Waals surface area contributed by atoms with Gasteiger partial charge in [0.1, 0.15) is 0 Å². The molecule has 2 heterocycles. The van der Waals surface area contributed by atoms with E-state index < -0.39 is 19.9 Å². The van der Waals surface area contributed by atoms with Crippen LogP contribution in [0.25, 0.3) is 0 Å². The van der Waals surface area contributed by atoms with Crippen molar-refractivity contribution in [2.45, 2.75) is 58.8 Å². The summed E-state index contributed by atoms with van der Waals surface area (Å²) in [5, 5.41) is 0. The Morgan fingerprint density at radius 3 is 2.19 bits per heavy atom. The number of sulfonamides is 1. The maximum absolute atomic E-state index is 13.2. The zero-order chi connectivity index (χ0) is 24.1. The van der Waals surface area contributed by atoms with Crippen molar-refractivity contribution in [1.29, 1.82) is 0 Å². The molecule has 7 nitrogen and oxygen atoms in total. The Morgan fingerprint density at radius 1 is 1.03 bits per heavy atom. The van der Waals surface area contributed by atoms with E-state index in [1.165, 1.54) is 10.4 Å². The first-order valence-corrected chi connectivity index (χ1v) is 15.0. The van der Waals surface area contributed by atoms with E-state index in [2.05, 4.69) is 13.8 Å². The SMILES string of the molecule is CC.CCC1CCN(C(=O)c2ccc(C)c(S(=O)(=O)N3CCS(=O)(=O)CC3)c2)CC1CC. The second-order valence-electron chi connectivity index (χ2n) is 8.41. The van der Waals surface area contributed by atoms with Crippen LogP contribution in [0.3, 0.4) is 0 Å². The maximum atomic E-state index is 13.2. The minimum Gasteiger partial charge on any atom is -0.338 e. The van der Waals surface area contributed by atoms with Gasteiger partial charge in [-0.25, -0.2) is 16.8 Å². The molecule has 2 fully saturated rings. The van der Waals surface area contributed by atoms with Crippen LogP contribution in [0.5, 0.6) is 0 Å². The van der Waals surface area contributed by atoms with E-state index in [0.29, 0.717) is 36.1 Å². The van der Waals surface area contributed by atoms with Crippen LogP contribution >= 0.6 is 0 Å². The van der Waals surface area contributed by atoms with Gasteiger partial charge in [0.15, 0.2) is 9.84 Å². The monoisotopic (exact) mass is 486 g/mol. The molecule has 1 aromatic rings. The molecule has 1 amide bonds. The molecule has 1 aromatic carbocycles. The Balaban J connectivity index is 0.00000176. The molecule has 0 bridgehead atoms. The first-order chi connectivity index (χ1) is 15.1. The summed E-state index contributed by atoms with van der Waals surface area (Å²) in [6.45, 7) is 11.3. The molecule has 0 spiro atoms. The highest BCUT2D eigenvalue weighted by Gasteiger charge is 2.34. The van der Waals surface area contributed by atoms with Crippen molar-refractivity contribution in [1.82, 2.24) is 9.21 Å². The van der Waals surface area contributed by atoms with Crippen LogP contribution in [0.1, 0.15) is 62.9 Å². The molecule has 0 aromatic heterocycles. The number of benzene rings is 1. The molecule has 2 atom stereocenters. The maximum Gasteiger partial charge on any atom is 0.253 e. The predicted molar refractivity (Wildman–Crippen MR) is 128 cm³/mol. The van der Waals surface area contributed by atoms with Crippen molar-refractivity contribution in [3.05, 3.63) is 29.3 Å². The van der Waals surface area contributed by atoms with Crippen LogP contribution in [-0.2, 0) is 19.9 Å². The molecule has 3 rings (SSSR count). The minimum atomic E-state index is -3.86. The van der Waals surface area contributed by atoms with Gasteiger partial charge in [0, 0.05) is 31.7 Å². The molecule has 2 unspecified atom stereocenters. The summed E-state index contributed by atoms with van der Waals surface area (Å²) in [5.74, 6) is 0.615. The Morgan fingerprint density at radius 2 is 1.62 bits per heavy atom. The van der Waals surface area contributed by atoms with Gasteiger partial charge < -0.3 is 4.90 Å². The number of aryl methyl sites for hydroxylation is 1. The Bertz CT molecular complexity index is 991. The zero-order valence-electron chi connectivity index (χ0n) is 20.0. The van der Waals surface area contributed by atoms with E-state index in [-0.39, 0.29) is 35.4 Å². The molecule has 32 heavy (non-hydrogen) atoms. The van der Waals surface area contributed by atoms with Crippen LogP contribution in [0, 0.1) is 18.8 Å². The van der Waals surface area contributed by atoms with Crippen LogP contribution in [0.15, 0.2) is 23.1 Å². The van der Waals surface area contributed by atoms with E-state index in [9.17, 15) is 21.6 Å². The lowest BCUT2D eigenvalue weighted by molar-refractivity contribution is 0.0583. The number of carbonyl (C=O) groups excluding carboxylic acids is 1. The molecule has 0 aliphatic carbocycles. The van der Waals surface area contributed by atoms with Crippen molar-refractivity contribution in [2.75, 3.05) is 37.7 Å². The van der Waals surface area contributed by atoms with Gasteiger partial charge in [-0.2, -0.15) is 4.31 Å². The Labute approximate surface area is 194 Å². The van der Waals surface area contributed by atoms with Gasteiger partial charge in [0.2, 0.25) is 10.0 Å². The molecule has 0 radical (unpaired) electrons. The molecule has 182 valence electrons. The topological polar surface area (TPSA) is 91.8 Å². The number of sulfone groups is 1. The van der Waals surface area contributed by atoms with E-state index in [4.69, 9.17) is 0 Å². The largest absolute Gasteiger partial charge is 0.338 e. The molecule has 2 saturated heterocycles. The first kappa shape index (κ1) is 26.8. The average molecular weight is 487 g/mol. The summed E-state index contributed by atoms with van der Waals surface area (Å²) in [6, 6.07) is 4.81. The van der Waals surface area contributed by atoms with Gasteiger partial charge in [-0.1, -0.05) is 46.6 Å². The third-order valence-corrected chi connectivity index (χ3v) is 10.2. The summed E-state index contributed by atoms with van der Waals surface area (Å²) in [7, 11) is -7.05. The minimum absolute atomic E-state index is 0.0506. The van der Waals surface area contributed by atoms with E-state index in [1.807, 2.05) is 18.7 Å². The number of carbonyl (C=O) groups is 1. The fourth-order valence-corrected chi connectivity index (χ4v) is 7.66. The molecule has 9 heteroatoms. The standard InChI is InChI=1S/C21H32N2O5S2.C2H6/c1-4-17-8-9-22(15-18(17)5-2)21(24)19-7-6-16(3)20(14-19)30(27,28)23-10-12-29(25,26)13-11-23;1-2/h6-7,14,17-18H,4-5,8-13,15H2,1-3H3;1-2H3. The number of rotatable bonds is 5. The molecule has 0 N–H and O–H groups in total. The fraction of sp³-hybridized carbons (Fsp3) is 0.696. The number of amides is 1. The third-order valence-electron chi connectivity index (χ3n) is 6.58. The summed E-state index contributed by atoms with van der Waals surface area (Å²) in [5.41, 5.74) is 0.921. The van der Waals surface area contributed by atoms with Gasteiger partial charge in [-0.3, -0.25) is 4.79 Å². The smallest absolute Gasteiger partial charge is 0.253 e. The lowest BCUT2D eigenvalue weighted by atomic mass is 9.82. The van der Waals surface area contributed by atoms with Gasteiger partial charge >= 0.3 is 0 Å². The van der Waals surface area contributed by atoms with Crippen molar-refractivity contribution < 1.29 is 21.6 Å². The molecular weight excluding hydrogens is 448 g/mol.